The van der Waals surface area contributed by atoms with Crippen LogP contribution >= 0.6 is 0 Å². The minimum Gasteiger partial charge on any atom is -0.397 e. The summed E-state index contributed by atoms with van der Waals surface area (Å²) >= 11 is 0. The van der Waals surface area contributed by atoms with Crippen molar-refractivity contribution in [3.8, 4) is 0 Å². The predicted octanol–water partition coefficient (Wildman–Crippen LogP) is 4.12. The van der Waals surface area contributed by atoms with Crippen LogP contribution in [-0.2, 0) is 36.1 Å². The Morgan fingerprint density at radius 1 is 0.500 bits per heavy atom. The summed E-state index contributed by atoms with van der Waals surface area (Å²) in [6.45, 7) is 13.7. The molecule has 0 aromatic carbocycles. The smallest absolute Gasteiger partial charge is 0.138 e. The Morgan fingerprint density at radius 2 is 0.676 bits per heavy atom. The van der Waals surface area contributed by atoms with E-state index in [1.807, 2.05) is 41.5 Å². The van der Waals surface area contributed by atoms with Gasteiger partial charge in [-0.05, 0) is 45.4 Å². The van der Waals surface area contributed by atoms with E-state index in [1.165, 1.54) is 0 Å². The van der Waals surface area contributed by atoms with Crippen molar-refractivity contribution in [2.45, 2.75) is 106 Å². The minimum absolute atomic E-state index is 0. The molecule has 0 amide bonds. The van der Waals surface area contributed by atoms with Gasteiger partial charge < -0.3 is 20.4 Å². The van der Waals surface area contributed by atoms with E-state index in [9.17, 15) is 14.4 Å². The summed E-state index contributed by atoms with van der Waals surface area (Å²) in [5.41, 5.74) is 0. The number of hydrogen-bond acceptors (Lipinski definition) is 7. The van der Waals surface area contributed by atoms with Crippen LogP contribution in [0.1, 0.15) is 106 Å². The number of rotatable bonds is 15. The standard InChI is InChI=1S/3C8H16O2.C2H6O.Ti/c3*1-3-5-8(10)7(4-2)6-9;1-2-3;/h3*7,9H,3-6H2,1-2H3;3H,2H2,1H3;. The van der Waals surface area contributed by atoms with Crippen molar-refractivity contribution in [2.24, 2.45) is 17.8 Å². The first kappa shape index (κ1) is 43.6. The minimum atomic E-state index is -0.111. The fourth-order valence-corrected chi connectivity index (χ4v) is 2.73. The number of carbonyl (C=O) groups is 3. The zero-order valence-corrected chi connectivity index (χ0v) is 24.5. The number of Topliss-reactive ketones (excluding diaryl/α,β-unsaturated/α-hetero) is 3. The van der Waals surface area contributed by atoms with Crippen LogP contribution in [0.5, 0.6) is 0 Å². The fraction of sp³-hybridized carbons (Fsp3) is 0.885. The van der Waals surface area contributed by atoms with Crippen LogP contribution in [0, 0.1) is 17.8 Å². The zero-order valence-electron chi connectivity index (χ0n) is 22.9. The number of aliphatic hydroxyl groups is 4. The van der Waals surface area contributed by atoms with Crippen molar-refractivity contribution in [1.29, 1.82) is 0 Å². The van der Waals surface area contributed by atoms with Gasteiger partial charge in [0, 0.05) is 65.3 Å². The maximum Gasteiger partial charge on any atom is 0.138 e. The summed E-state index contributed by atoms with van der Waals surface area (Å²) in [5, 5.41) is 33.7. The van der Waals surface area contributed by atoms with Gasteiger partial charge in [-0.25, -0.2) is 0 Å². The molecular weight excluding hydrogens is 472 g/mol. The molecule has 0 aromatic rings. The predicted molar refractivity (Wildman–Crippen MR) is 135 cm³/mol. The Bertz CT molecular complexity index is 371. The summed E-state index contributed by atoms with van der Waals surface area (Å²) in [5.74, 6) is 0.271. The van der Waals surface area contributed by atoms with Crippen molar-refractivity contribution in [2.75, 3.05) is 26.4 Å². The van der Waals surface area contributed by atoms with Gasteiger partial charge in [0.25, 0.3) is 0 Å². The van der Waals surface area contributed by atoms with Crippen LogP contribution < -0.4 is 0 Å². The Balaban J connectivity index is -0.000000115. The molecule has 0 saturated carbocycles. The molecule has 0 radical (unpaired) electrons. The second-order valence-corrected chi connectivity index (χ2v) is 7.83. The van der Waals surface area contributed by atoms with Crippen LogP contribution in [0.15, 0.2) is 0 Å². The molecule has 0 aliphatic heterocycles. The van der Waals surface area contributed by atoms with Crippen LogP contribution in [0.2, 0.25) is 0 Å². The molecule has 204 valence electrons. The number of hydrogen-bond donors (Lipinski definition) is 4. The first-order valence-electron chi connectivity index (χ1n) is 12.7. The molecule has 0 bridgehead atoms. The van der Waals surface area contributed by atoms with E-state index >= 15 is 0 Å². The van der Waals surface area contributed by atoms with Gasteiger partial charge in [-0.1, -0.05) is 41.5 Å². The Morgan fingerprint density at radius 3 is 0.765 bits per heavy atom. The van der Waals surface area contributed by atoms with Gasteiger partial charge in [0.1, 0.15) is 17.3 Å². The van der Waals surface area contributed by atoms with Crippen molar-refractivity contribution in [3.05, 3.63) is 0 Å². The molecule has 34 heavy (non-hydrogen) atoms. The maximum atomic E-state index is 11.0. The molecule has 0 spiro atoms. The summed E-state index contributed by atoms with van der Waals surface area (Å²) in [6, 6.07) is 0. The fourth-order valence-electron chi connectivity index (χ4n) is 2.73. The maximum absolute atomic E-state index is 11.0. The van der Waals surface area contributed by atoms with E-state index < -0.39 is 0 Å². The summed E-state index contributed by atoms with van der Waals surface area (Å²) in [6.07, 6.45) is 6.76. The number of ketones is 3. The molecule has 3 atom stereocenters. The van der Waals surface area contributed by atoms with Gasteiger partial charge in [0.05, 0.1) is 19.8 Å². The Labute approximate surface area is 224 Å². The molecule has 3 unspecified atom stereocenters. The Hall–Kier alpha value is -0.436. The summed E-state index contributed by atoms with van der Waals surface area (Å²) < 4.78 is 0. The van der Waals surface area contributed by atoms with Crippen LogP contribution in [0.3, 0.4) is 0 Å². The average molecular weight is 527 g/mol. The van der Waals surface area contributed by atoms with Crippen molar-refractivity contribution in [3.63, 3.8) is 0 Å². The van der Waals surface area contributed by atoms with E-state index in [0.717, 1.165) is 38.5 Å². The first-order chi connectivity index (χ1) is 15.7. The molecule has 0 heterocycles. The average Bonchev–Trinajstić information content (AvgIpc) is 2.78. The van der Waals surface area contributed by atoms with E-state index in [4.69, 9.17) is 20.4 Å². The molecule has 0 rings (SSSR count). The van der Waals surface area contributed by atoms with E-state index in [0.29, 0.717) is 19.3 Å². The topological polar surface area (TPSA) is 132 Å². The van der Waals surface area contributed by atoms with Gasteiger partial charge >= 0.3 is 0 Å². The second kappa shape index (κ2) is 34.7. The van der Waals surface area contributed by atoms with Gasteiger partial charge in [0.2, 0.25) is 0 Å². The molecule has 8 heteroatoms. The van der Waals surface area contributed by atoms with Crippen LogP contribution in [0.4, 0.5) is 0 Å². The molecule has 7 nitrogen and oxygen atoms in total. The van der Waals surface area contributed by atoms with Crippen molar-refractivity contribution in [1.82, 2.24) is 0 Å². The Kier molecular flexibility index (Phi) is 44.6. The molecule has 0 aromatic heterocycles. The molecule has 4 N–H and O–H groups in total. The summed E-state index contributed by atoms with van der Waals surface area (Å²) in [7, 11) is 0. The first-order valence-corrected chi connectivity index (χ1v) is 12.7. The number of aliphatic hydroxyl groups excluding tert-OH is 4. The van der Waals surface area contributed by atoms with Gasteiger partial charge in [0.15, 0.2) is 0 Å². The molecule has 0 saturated heterocycles. The normalized spacial score (nSPS) is 12.1. The van der Waals surface area contributed by atoms with Crippen molar-refractivity contribution >= 4 is 17.3 Å². The third-order valence-corrected chi connectivity index (χ3v) is 4.99. The van der Waals surface area contributed by atoms with E-state index in [2.05, 4.69) is 0 Å². The van der Waals surface area contributed by atoms with E-state index in [1.54, 1.807) is 6.92 Å². The third kappa shape index (κ3) is 27.8. The van der Waals surface area contributed by atoms with Gasteiger partial charge in [-0.2, -0.15) is 0 Å². The quantitative estimate of drug-likeness (QED) is 0.236. The third-order valence-electron chi connectivity index (χ3n) is 4.99. The SMILES string of the molecule is CCCC(=O)C(CC)CO.CCCC(=O)C(CC)CO.CCCC(=O)C(CC)CO.CCO.[Ti]. The van der Waals surface area contributed by atoms with E-state index in [-0.39, 0.29) is 83.2 Å². The monoisotopic (exact) mass is 526 g/mol. The van der Waals surface area contributed by atoms with Gasteiger partial charge in [-0.3, -0.25) is 14.4 Å². The molecular formula is C26H54O7Ti. The molecule has 0 aliphatic carbocycles. The zero-order chi connectivity index (χ0) is 26.7. The van der Waals surface area contributed by atoms with Crippen LogP contribution in [-0.4, -0.2) is 64.2 Å². The van der Waals surface area contributed by atoms with Crippen molar-refractivity contribution < 1.29 is 56.5 Å². The summed E-state index contributed by atoms with van der Waals surface area (Å²) in [4.78, 5) is 33.1. The van der Waals surface area contributed by atoms with Crippen LogP contribution in [0.25, 0.3) is 0 Å². The number of carbonyl (C=O) groups excluding carboxylic acids is 3. The largest absolute Gasteiger partial charge is 0.397 e. The second-order valence-electron chi connectivity index (χ2n) is 7.83. The van der Waals surface area contributed by atoms with Gasteiger partial charge in [-0.15, -0.1) is 0 Å². The molecule has 0 fully saturated rings. The molecule has 0 aliphatic rings.